The molecular formula is C26H29FN4O4. The number of halogens is 1. The zero-order chi connectivity index (χ0) is 24.4. The van der Waals surface area contributed by atoms with Crippen molar-refractivity contribution in [1.82, 2.24) is 14.8 Å². The van der Waals surface area contributed by atoms with Crippen molar-refractivity contribution in [1.29, 1.82) is 0 Å². The molecule has 3 aromatic rings. The number of rotatable bonds is 6. The molecule has 2 aliphatic heterocycles. The fraction of sp³-hybridized carbons (Fsp3) is 0.385. The first-order chi connectivity index (χ1) is 17.0. The number of aromatic nitrogens is 1. The maximum atomic E-state index is 14.2. The van der Waals surface area contributed by atoms with E-state index in [1.54, 1.807) is 29.2 Å². The van der Waals surface area contributed by atoms with Crippen LogP contribution in [0.5, 0.6) is 11.5 Å². The molecule has 0 aliphatic carbocycles. The quantitative estimate of drug-likeness (QED) is 0.558. The molecule has 1 fully saturated rings. The molecular weight excluding hydrogens is 451 g/mol. The van der Waals surface area contributed by atoms with Crippen LogP contribution in [0.3, 0.4) is 0 Å². The highest BCUT2D eigenvalue weighted by molar-refractivity contribution is 5.89. The lowest BCUT2D eigenvalue weighted by Crippen LogP contribution is -2.45. The van der Waals surface area contributed by atoms with Crippen LogP contribution in [0, 0.1) is 5.82 Å². The van der Waals surface area contributed by atoms with Crippen LogP contribution in [0.1, 0.15) is 25.3 Å². The topological polar surface area (TPSA) is 86.9 Å². The number of anilines is 1. The minimum Gasteiger partial charge on any atom is -0.486 e. The number of amides is 2. The maximum absolute atomic E-state index is 14.2. The third kappa shape index (κ3) is 4.95. The number of H-pyrrole nitrogens is 1. The summed E-state index contributed by atoms with van der Waals surface area (Å²) < 4.78 is 25.5. The van der Waals surface area contributed by atoms with Gasteiger partial charge in [0.2, 0.25) is 0 Å². The number of nitrogens with one attached hydrogen (secondary N) is 2. The first-order valence-electron chi connectivity index (χ1n) is 12.0. The highest BCUT2D eigenvalue weighted by atomic mass is 19.1. The maximum Gasteiger partial charge on any atom is 0.322 e. The van der Waals surface area contributed by atoms with Crippen molar-refractivity contribution in [2.75, 3.05) is 38.2 Å². The van der Waals surface area contributed by atoms with E-state index in [2.05, 4.69) is 22.1 Å². The number of pyridine rings is 1. The molecule has 0 radical (unpaired) electrons. The SMILES string of the molecule is CCN1CCC[C@H]1CN(Cc1cc2cc3c(cc2[nH]c1=O)OCCO3)C(=O)Nc1ccccc1F. The van der Waals surface area contributed by atoms with E-state index in [0.717, 1.165) is 31.3 Å². The number of likely N-dealkylation sites (tertiary alicyclic amines) is 1. The average molecular weight is 481 g/mol. The Labute approximate surface area is 202 Å². The van der Waals surface area contributed by atoms with Gasteiger partial charge < -0.3 is 24.7 Å². The van der Waals surface area contributed by atoms with Crippen molar-refractivity contribution in [3.63, 3.8) is 0 Å². The van der Waals surface area contributed by atoms with Crippen LogP contribution in [0.4, 0.5) is 14.9 Å². The number of hydrogen-bond donors (Lipinski definition) is 2. The number of likely N-dealkylation sites (N-methyl/N-ethyl adjacent to an activating group) is 1. The number of para-hydroxylation sites is 1. The molecule has 35 heavy (non-hydrogen) atoms. The van der Waals surface area contributed by atoms with E-state index in [9.17, 15) is 14.0 Å². The second-order valence-electron chi connectivity index (χ2n) is 8.92. The summed E-state index contributed by atoms with van der Waals surface area (Å²) in [5.74, 6) is 0.715. The summed E-state index contributed by atoms with van der Waals surface area (Å²) >= 11 is 0. The van der Waals surface area contributed by atoms with Crippen LogP contribution in [0.2, 0.25) is 0 Å². The second kappa shape index (κ2) is 9.95. The number of urea groups is 1. The summed E-state index contributed by atoms with van der Waals surface area (Å²) in [7, 11) is 0. The van der Waals surface area contributed by atoms with Gasteiger partial charge in [-0.25, -0.2) is 9.18 Å². The Bertz CT molecular complexity index is 1290. The van der Waals surface area contributed by atoms with Crippen LogP contribution >= 0.6 is 0 Å². The third-order valence-electron chi connectivity index (χ3n) is 6.68. The smallest absolute Gasteiger partial charge is 0.322 e. The minimum absolute atomic E-state index is 0.0913. The molecule has 1 aromatic heterocycles. The third-order valence-corrected chi connectivity index (χ3v) is 6.68. The Balaban J connectivity index is 1.45. The van der Waals surface area contributed by atoms with Gasteiger partial charge in [0.1, 0.15) is 19.0 Å². The van der Waals surface area contributed by atoms with E-state index >= 15 is 0 Å². The van der Waals surface area contributed by atoms with Crippen molar-refractivity contribution in [3.05, 3.63) is 64.2 Å². The molecule has 0 spiro atoms. The summed E-state index contributed by atoms with van der Waals surface area (Å²) in [6.45, 7) is 5.42. The highest BCUT2D eigenvalue weighted by Gasteiger charge is 2.28. The number of hydrogen-bond acceptors (Lipinski definition) is 5. The van der Waals surface area contributed by atoms with Crippen LogP contribution < -0.4 is 20.3 Å². The summed E-state index contributed by atoms with van der Waals surface area (Å²) in [4.78, 5) is 33.1. The van der Waals surface area contributed by atoms with E-state index in [1.165, 1.54) is 12.1 Å². The molecule has 9 heteroatoms. The van der Waals surface area contributed by atoms with Crippen LogP contribution in [-0.4, -0.2) is 59.7 Å². The predicted molar refractivity (Wildman–Crippen MR) is 132 cm³/mol. The molecule has 2 aliphatic rings. The van der Waals surface area contributed by atoms with Crippen LogP contribution in [0.25, 0.3) is 10.9 Å². The summed E-state index contributed by atoms with van der Waals surface area (Å²) in [6, 6.07) is 11.2. The Morgan fingerprint density at radius 3 is 2.74 bits per heavy atom. The second-order valence-corrected chi connectivity index (χ2v) is 8.92. The van der Waals surface area contributed by atoms with E-state index in [-0.39, 0.29) is 23.8 Å². The first kappa shape index (κ1) is 23.2. The van der Waals surface area contributed by atoms with Crippen molar-refractivity contribution < 1.29 is 18.7 Å². The largest absolute Gasteiger partial charge is 0.486 e. The van der Waals surface area contributed by atoms with Gasteiger partial charge in [0.25, 0.3) is 5.56 Å². The number of carbonyl (C=O) groups is 1. The lowest BCUT2D eigenvalue weighted by atomic mass is 10.1. The van der Waals surface area contributed by atoms with Gasteiger partial charge in [0.15, 0.2) is 11.5 Å². The van der Waals surface area contributed by atoms with Gasteiger partial charge in [0.05, 0.1) is 17.7 Å². The minimum atomic E-state index is -0.507. The fourth-order valence-corrected chi connectivity index (χ4v) is 4.86. The Morgan fingerprint density at radius 2 is 1.97 bits per heavy atom. The molecule has 1 saturated heterocycles. The Hall–Kier alpha value is -3.59. The molecule has 184 valence electrons. The fourth-order valence-electron chi connectivity index (χ4n) is 4.86. The molecule has 0 bridgehead atoms. The summed E-state index contributed by atoms with van der Waals surface area (Å²) in [6.07, 6.45) is 2.03. The molecule has 0 unspecified atom stereocenters. The Morgan fingerprint density at radius 1 is 1.20 bits per heavy atom. The zero-order valence-corrected chi connectivity index (χ0v) is 19.7. The summed E-state index contributed by atoms with van der Waals surface area (Å²) in [5.41, 5.74) is 0.909. The Kier molecular flexibility index (Phi) is 6.59. The standard InChI is InChI=1S/C26H29FN4O4/c1-2-30-9-5-6-19(30)16-31(26(33)29-21-8-4-3-7-20(21)27)15-18-12-17-13-23-24(35-11-10-34-23)14-22(17)28-25(18)32/h3-4,7-8,12-14,19H,2,5-6,9-11,15-16H2,1H3,(H,28,32)(H,29,33)/t19-/m0/s1. The number of aromatic amines is 1. The molecule has 8 nitrogen and oxygen atoms in total. The normalized spacial score (nSPS) is 17.5. The monoisotopic (exact) mass is 480 g/mol. The molecule has 0 saturated carbocycles. The van der Waals surface area contributed by atoms with Gasteiger partial charge in [0, 0.05) is 29.6 Å². The number of nitrogens with zero attached hydrogens (tertiary/aromatic N) is 2. The lowest BCUT2D eigenvalue weighted by molar-refractivity contribution is 0.172. The highest BCUT2D eigenvalue weighted by Crippen LogP contribution is 2.33. The summed E-state index contributed by atoms with van der Waals surface area (Å²) in [5, 5.41) is 3.47. The van der Waals surface area contributed by atoms with E-state index in [1.807, 2.05) is 6.07 Å². The lowest BCUT2D eigenvalue weighted by Gasteiger charge is -2.30. The van der Waals surface area contributed by atoms with Gasteiger partial charge in [-0.05, 0) is 50.2 Å². The van der Waals surface area contributed by atoms with Gasteiger partial charge in [-0.1, -0.05) is 19.1 Å². The van der Waals surface area contributed by atoms with Gasteiger partial charge >= 0.3 is 6.03 Å². The van der Waals surface area contributed by atoms with Crippen LogP contribution in [-0.2, 0) is 6.54 Å². The molecule has 3 heterocycles. The average Bonchev–Trinajstić information content (AvgIpc) is 3.31. The molecule has 2 N–H and O–H groups in total. The number of ether oxygens (including phenoxy) is 2. The van der Waals surface area contributed by atoms with Gasteiger partial charge in [-0.2, -0.15) is 0 Å². The van der Waals surface area contributed by atoms with Gasteiger partial charge in [-0.15, -0.1) is 0 Å². The van der Waals surface area contributed by atoms with E-state index in [4.69, 9.17) is 9.47 Å². The molecule has 2 amide bonds. The van der Waals surface area contributed by atoms with Crippen molar-refractivity contribution >= 4 is 22.6 Å². The van der Waals surface area contributed by atoms with Crippen molar-refractivity contribution in [2.45, 2.75) is 32.4 Å². The van der Waals surface area contributed by atoms with Crippen LogP contribution in [0.15, 0.2) is 47.3 Å². The van der Waals surface area contributed by atoms with Crippen molar-refractivity contribution in [2.24, 2.45) is 0 Å². The van der Waals surface area contributed by atoms with Gasteiger partial charge in [-0.3, -0.25) is 9.69 Å². The van der Waals surface area contributed by atoms with E-state index < -0.39 is 11.8 Å². The number of benzene rings is 2. The van der Waals surface area contributed by atoms with E-state index in [0.29, 0.717) is 42.3 Å². The predicted octanol–water partition coefficient (Wildman–Crippen LogP) is 3.96. The number of fused-ring (bicyclic) bond motifs is 2. The zero-order valence-electron chi connectivity index (χ0n) is 19.7. The molecule has 1 atom stereocenters. The molecule has 5 rings (SSSR count). The first-order valence-corrected chi connectivity index (χ1v) is 12.0. The van der Waals surface area contributed by atoms with Crippen molar-refractivity contribution in [3.8, 4) is 11.5 Å². The molecule has 2 aromatic carbocycles. The number of carbonyl (C=O) groups excluding carboxylic acids is 1.